The molecule has 0 heterocycles. The van der Waals surface area contributed by atoms with Crippen LogP contribution >= 0.6 is 0 Å². The standard InChI is InChI=1S/C20H34O3/c1-8-15-16(19(6,22)10-3)12-14(18(5,21)9-2)13-17(15)20(7,23)11-4/h12-13,21-23H,8-11H2,1-7H3. The Bertz CT molecular complexity index is 505. The van der Waals surface area contributed by atoms with Gasteiger partial charge in [0.1, 0.15) is 0 Å². The Labute approximate surface area is 141 Å². The van der Waals surface area contributed by atoms with E-state index < -0.39 is 16.8 Å². The van der Waals surface area contributed by atoms with E-state index in [0.29, 0.717) is 19.3 Å². The molecular weight excluding hydrogens is 288 g/mol. The summed E-state index contributed by atoms with van der Waals surface area (Å²) in [5.74, 6) is 0. The summed E-state index contributed by atoms with van der Waals surface area (Å²) in [7, 11) is 0. The Morgan fingerprint density at radius 1 is 0.696 bits per heavy atom. The van der Waals surface area contributed by atoms with Crippen LogP contribution in [-0.4, -0.2) is 15.3 Å². The molecule has 0 radical (unpaired) electrons. The van der Waals surface area contributed by atoms with Crippen molar-refractivity contribution in [3.8, 4) is 0 Å². The Morgan fingerprint density at radius 3 is 1.30 bits per heavy atom. The van der Waals surface area contributed by atoms with E-state index in [4.69, 9.17) is 0 Å². The van der Waals surface area contributed by atoms with Gasteiger partial charge in [0, 0.05) is 0 Å². The average molecular weight is 322 g/mol. The van der Waals surface area contributed by atoms with Crippen molar-refractivity contribution in [1.82, 2.24) is 0 Å². The van der Waals surface area contributed by atoms with Crippen LogP contribution in [0.1, 0.15) is 90.0 Å². The predicted octanol–water partition coefficient (Wildman–Crippen LogP) is 4.10. The first-order valence-electron chi connectivity index (χ1n) is 8.82. The zero-order valence-corrected chi connectivity index (χ0v) is 15.8. The summed E-state index contributed by atoms with van der Waals surface area (Å²) < 4.78 is 0. The normalized spacial score (nSPS) is 19.7. The summed E-state index contributed by atoms with van der Waals surface area (Å²) in [6.45, 7) is 13.2. The molecule has 0 aromatic heterocycles. The van der Waals surface area contributed by atoms with E-state index in [0.717, 1.165) is 28.7 Å². The van der Waals surface area contributed by atoms with Crippen LogP contribution in [0.15, 0.2) is 12.1 Å². The quantitative estimate of drug-likeness (QED) is 0.708. The Morgan fingerprint density at radius 2 is 1.04 bits per heavy atom. The largest absolute Gasteiger partial charge is 0.385 e. The van der Waals surface area contributed by atoms with Crippen molar-refractivity contribution < 1.29 is 15.3 Å². The molecule has 0 saturated carbocycles. The first-order chi connectivity index (χ1) is 10.5. The SMILES string of the molecule is CCc1c(C(C)(O)CC)cc(C(C)(O)CC)cc1C(C)(O)CC. The maximum absolute atomic E-state index is 10.9. The van der Waals surface area contributed by atoms with Crippen LogP contribution in [0.2, 0.25) is 0 Å². The lowest BCUT2D eigenvalue weighted by Crippen LogP contribution is -2.30. The monoisotopic (exact) mass is 322 g/mol. The van der Waals surface area contributed by atoms with Crippen LogP contribution in [0.5, 0.6) is 0 Å². The number of hydrogen-bond acceptors (Lipinski definition) is 3. The highest BCUT2D eigenvalue weighted by Crippen LogP contribution is 2.39. The molecule has 1 rings (SSSR count). The first kappa shape index (κ1) is 20.1. The van der Waals surface area contributed by atoms with Gasteiger partial charge in [0.25, 0.3) is 0 Å². The van der Waals surface area contributed by atoms with Crippen molar-refractivity contribution in [3.63, 3.8) is 0 Å². The van der Waals surface area contributed by atoms with Crippen LogP contribution in [0.3, 0.4) is 0 Å². The van der Waals surface area contributed by atoms with Crippen LogP contribution in [-0.2, 0) is 23.2 Å². The van der Waals surface area contributed by atoms with Gasteiger partial charge in [0.2, 0.25) is 0 Å². The third kappa shape index (κ3) is 3.96. The lowest BCUT2D eigenvalue weighted by molar-refractivity contribution is 0.0383. The van der Waals surface area contributed by atoms with Gasteiger partial charge in [-0.2, -0.15) is 0 Å². The first-order valence-corrected chi connectivity index (χ1v) is 8.82. The Balaban J connectivity index is 3.82. The highest BCUT2D eigenvalue weighted by molar-refractivity contribution is 5.46. The predicted molar refractivity (Wildman–Crippen MR) is 95.4 cm³/mol. The second kappa shape index (κ2) is 6.92. The fourth-order valence-corrected chi connectivity index (χ4v) is 2.91. The summed E-state index contributed by atoms with van der Waals surface area (Å²) >= 11 is 0. The average Bonchev–Trinajstić information content (AvgIpc) is 2.53. The van der Waals surface area contributed by atoms with Gasteiger partial charge < -0.3 is 15.3 Å². The molecule has 0 aliphatic rings. The topological polar surface area (TPSA) is 60.7 Å². The molecule has 0 aliphatic heterocycles. The van der Waals surface area contributed by atoms with Crippen LogP contribution in [0.25, 0.3) is 0 Å². The summed E-state index contributed by atoms with van der Waals surface area (Å²) in [5, 5.41) is 32.5. The molecule has 0 aliphatic carbocycles. The summed E-state index contributed by atoms with van der Waals surface area (Å²) in [6.07, 6.45) is 2.45. The molecule has 3 heteroatoms. The van der Waals surface area contributed by atoms with E-state index in [1.807, 2.05) is 39.8 Å². The Kier molecular flexibility index (Phi) is 6.06. The lowest BCUT2D eigenvalue weighted by Gasteiger charge is -2.34. The maximum atomic E-state index is 10.9. The van der Waals surface area contributed by atoms with Crippen molar-refractivity contribution in [2.45, 2.75) is 91.0 Å². The number of aliphatic hydroxyl groups is 3. The molecule has 23 heavy (non-hydrogen) atoms. The van der Waals surface area contributed by atoms with Gasteiger partial charge in [-0.1, -0.05) is 27.7 Å². The number of hydrogen-bond donors (Lipinski definition) is 3. The molecule has 3 atom stereocenters. The van der Waals surface area contributed by atoms with E-state index >= 15 is 0 Å². The van der Waals surface area contributed by atoms with Crippen molar-refractivity contribution in [3.05, 3.63) is 34.4 Å². The molecule has 0 saturated heterocycles. The van der Waals surface area contributed by atoms with Crippen molar-refractivity contribution in [2.24, 2.45) is 0 Å². The lowest BCUT2D eigenvalue weighted by atomic mass is 9.77. The zero-order valence-electron chi connectivity index (χ0n) is 15.8. The van der Waals surface area contributed by atoms with Gasteiger partial charge in [-0.15, -0.1) is 0 Å². The van der Waals surface area contributed by atoms with Crippen molar-refractivity contribution in [1.29, 1.82) is 0 Å². The maximum Gasteiger partial charge on any atom is 0.0868 e. The second-order valence-corrected chi connectivity index (χ2v) is 7.29. The molecular formula is C20H34O3. The molecule has 0 spiro atoms. The van der Waals surface area contributed by atoms with Crippen molar-refractivity contribution >= 4 is 0 Å². The van der Waals surface area contributed by atoms with E-state index in [1.54, 1.807) is 20.8 Å². The number of rotatable bonds is 7. The molecule has 3 unspecified atom stereocenters. The minimum absolute atomic E-state index is 0.569. The van der Waals surface area contributed by atoms with Gasteiger partial charge in [-0.05, 0) is 80.8 Å². The second-order valence-electron chi connectivity index (χ2n) is 7.29. The van der Waals surface area contributed by atoms with Gasteiger partial charge in [0.05, 0.1) is 16.8 Å². The molecule has 0 fully saturated rings. The molecule has 0 amide bonds. The number of benzene rings is 1. The van der Waals surface area contributed by atoms with Crippen LogP contribution < -0.4 is 0 Å². The third-order valence-electron chi connectivity index (χ3n) is 5.45. The van der Waals surface area contributed by atoms with Gasteiger partial charge in [0.15, 0.2) is 0 Å². The molecule has 3 N–H and O–H groups in total. The van der Waals surface area contributed by atoms with E-state index in [-0.39, 0.29) is 0 Å². The molecule has 1 aromatic rings. The molecule has 132 valence electrons. The highest BCUT2D eigenvalue weighted by Gasteiger charge is 2.33. The third-order valence-corrected chi connectivity index (χ3v) is 5.45. The Hall–Kier alpha value is -0.900. The smallest absolute Gasteiger partial charge is 0.0868 e. The van der Waals surface area contributed by atoms with Crippen molar-refractivity contribution in [2.75, 3.05) is 0 Å². The summed E-state index contributed by atoms with van der Waals surface area (Å²) in [6, 6.07) is 3.84. The highest BCUT2D eigenvalue weighted by atomic mass is 16.3. The van der Waals surface area contributed by atoms with E-state index in [1.165, 1.54) is 0 Å². The zero-order chi connectivity index (χ0) is 18.1. The van der Waals surface area contributed by atoms with Gasteiger partial charge in [-0.25, -0.2) is 0 Å². The van der Waals surface area contributed by atoms with Crippen LogP contribution in [0, 0.1) is 0 Å². The van der Waals surface area contributed by atoms with Crippen LogP contribution in [0.4, 0.5) is 0 Å². The van der Waals surface area contributed by atoms with Gasteiger partial charge in [-0.3, -0.25) is 0 Å². The fourth-order valence-electron chi connectivity index (χ4n) is 2.91. The summed E-state index contributed by atoms with van der Waals surface area (Å²) in [4.78, 5) is 0. The van der Waals surface area contributed by atoms with E-state index in [2.05, 4.69) is 0 Å². The summed E-state index contributed by atoms with van der Waals surface area (Å²) in [5.41, 5.74) is 0.426. The van der Waals surface area contributed by atoms with E-state index in [9.17, 15) is 15.3 Å². The van der Waals surface area contributed by atoms with Gasteiger partial charge >= 0.3 is 0 Å². The molecule has 0 bridgehead atoms. The molecule has 3 nitrogen and oxygen atoms in total. The fraction of sp³-hybridized carbons (Fsp3) is 0.700. The molecule has 1 aromatic carbocycles. The minimum atomic E-state index is -0.983. The minimum Gasteiger partial charge on any atom is -0.385 e.